The molecule has 0 bridgehead atoms. The van der Waals surface area contributed by atoms with Gasteiger partial charge in [-0.25, -0.2) is 4.39 Å². The summed E-state index contributed by atoms with van der Waals surface area (Å²) in [7, 11) is 1.64. The van der Waals surface area contributed by atoms with Crippen molar-refractivity contribution in [1.29, 1.82) is 0 Å². The highest BCUT2D eigenvalue weighted by atomic mass is 79.9. The van der Waals surface area contributed by atoms with Crippen molar-refractivity contribution in [2.24, 2.45) is 0 Å². The first-order valence-electron chi connectivity index (χ1n) is 6.98. The predicted octanol–water partition coefficient (Wildman–Crippen LogP) is 4.69. The fourth-order valence-electron chi connectivity index (χ4n) is 2.25. The third-order valence-electron chi connectivity index (χ3n) is 3.29. The molecule has 0 aliphatic rings. The number of benzene rings is 2. The van der Waals surface area contributed by atoms with Crippen LogP contribution in [0.5, 0.6) is 5.75 Å². The number of hydrogen-bond donors (Lipinski definition) is 1. The zero-order chi connectivity index (χ0) is 15.2. The Morgan fingerprint density at radius 3 is 2.71 bits per heavy atom. The smallest absolute Gasteiger partial charge is 0.123 e. The lowest BCUT2D eigenvalue weighted by Crippen LogP contribution is -2.23. The van der Waals surface area contributed by atoms with E-state index in [1.807, 2.05) is 24.3 Å². The number of rotatable bonds is 6. The van der Waals surface area contributed by atoms with Crippen molar-refractivity contribution in [2.75, 3.05) is 13.7 Å². The third-order valence-corrected chi connectivity index (χ3v) is 4.02. The second-order valence-electron chi connectivity index (χ2n) is 4.83. The lowest BCUT2D eigenvalue weighted by molar-refractivity contribution is 0.413. The van der Waals surface area contributed by atoms with Gasteiger partial charge in [0.25, 0.3) is 0 Å². The van der Waals surface area contributed by atoms with Crippen molar-refractivity contribution in [3.8, 4) is 5.75 Å². The minimum absolute atomic E-state index is 0.0786. The number of ether oxygens (including phenoxy) is 1. The molecule has 0 aromatic heterocycles. The van der Waals surface area contributed by atoms with Gasteiger partial charge in [0.2, 0.25) is 0 Å². The van der Waals surface area contributed by atoms with Gasteiger partial charge < -0.3 is 10.1 Å². The second-order valence-corrected chi connectivity index (χ2v) is 5.68. The molecule has 2 aromatic rings. The fraction of sp³-hybridized carbons (Fsp3) is 0.294. The van der Waals surface area contributed by atoms with E-state index < -0.39 is 0 Å². The molecule has 0 aliphatic heterocycles. The molecule has 0 radical (unpaired) electrons. The molecular formula is C17H19BrFNO. The van der Waals surface area contributed by atoms with E-state index in [0.717, 1.165) is 34.3 Å². The van der Waals surface area contributed by atoms with E-state index in [-0.39, 0.29) is 11.9 Å². The van der Waals surface area contributed by atoms with E-state index in [0.29, 0.717) is 0 Å². The maximum atomic E-state index is 13.5. The van der Waals surface area contributed by atoms with E-state index in [4.69, 9.17) is 4.74 Å². The van der Waals surface area contributed by atoms with Crippen LogP contribution in [0.2, 0.25) is 0 Å². The zero-order valence-corrected chi connectivity index (χ0v) is 13.8. The second kappa shape index (κ2) is 7.57. The van der Waals surface area contributed by atoms with Crippen molar-refractivity contribution in [2.45, 2.75) is 19.4 Å². The lowest BCUT2D eigenvalue weighted by Gasteiger charge is -2.21. The van der Waals surface area contributed by atoms with Gasteiger partial charge in [0.15, 0.2) is 0 Å². The standard InChI is InChI=1S/C17H19BrFNO/c1-3-9-20-17(12-5-4-6-13(19)10-12)15-11-14(21-2)7-8-16(15)18/h4-8,10-11,17,20H,3,9H2,1-2H3. The van der Waals surface area contributed by atoms with Crippen molar-refractivity contribution < 1.29 is 9.13 Å². The summed E-state index contributed by atoms with van der Waals surface area (Å²) < 4.78 is 19.8. The molecule has 0 spiro atoms. The Balaban J connectivity index is 2.44. The summed E-state index contributed by atoms with van der Waals surface area (Å²) in [6, 6.07) is 12.4. The molecule has 4 heteroatoms. The number of methoxy groups -OCH3 is 1. The molecule has 0 fully saturated rings. The first kappa shape index (κ1) is 16.0. The van der Waals surface area contributed by atoms with Crippen LogP contribution in [-0.4, -0.2) is 13.7 Å². The van der Waals surface area contributed by atoms with Gasteiger partial charge in [-0.15, -0.1) is 0 Å². The average molecular weight is 352 g/mol. The van der Waals surface area contributed by atoms with Gasteiger partial charge in [-0.1, -0.05) is 35.0 Å². The maximum absolute atomic E-state index is 13.5. The Morgan fingerprint density at radius 2 is 2.05 bits per heavy atom. The Morgan fingerprint density at radius 1 is 1.24 bits per heavy atom. The first-order chi connectivity index (χ1) is 10.2. The number of halogens is 2. The van der Waals surface area contributed by atoms with Crippen molar-refractivity contribution in [1.82, 2.24) is 5.32 Å². The monoisotopic (exact) mass is 351 g/mol. The highest BCUT2D eigenvalue weighted by molar-refractivity contribution is 9.10. The number of nitrogens with one attached hydrogen (secondary N) is 1. The molecule has 0 saturated carbocycles. The van der Waals surface area contributed by atoms with Gasteiger partial charge >= 0.3 is 0 Å². The maximum Gasteiger partial charge on any atom is 0.123 e. The molecular weight excluding hydrogens is 333 g/mol. The largest absolute Gasteiger partial charge is 0.497 e. The Hall–Kier alpha value is -1.39. The van der Waals surface area contributed by atoms with Crippen LogP contribution < -0.4 is 10.1 Å². The zero-order valence-electron chi connectivity index (χ0n) is 12.2. The molecule has 0 heterocycles. The summed E-state index contributed by atoms with van der Waals surface area (Å²) in [6.07, 6.45) is 1.01. The van der Waals surface area contributed by atoms with Crippen LogP contribution in [0.3, 0.4) is 0 Å². The Kier molecular flexibility index (Phi) is 5.76. The van der Waals surface area contributed by atoms with Gasteiger partial charge in [-0.2, -0.15) is 0 Å². The quantitative estimate of drug-likeness (QED) is 0.815. The fourth-order valence-corrected chi connectivity index (χ4v) is 2.73. The average Bonchev–Trinajstić information content (AvgIpc) is 2.49. The predicted molar refractivity (Wildman–Crippen MR) is 87.2 cm³/mol. The van der Waals surface area contributed by atoms with Crippen LogP contribution >= 0.6 is 15.9 Å². The Bertz CT molecular complexity index is 603. The molecule has 0 aliphatic carbocycles. The van der Waals surface area contributed by atoms with Crippen LogP contribution in [-0.2, 0) is 0 Å². The summed E-state index contributed by atoms with van der Waals surface area (Å²) in [4.78, 5) is 0. The van der Waals surface area contributed by atoms with Crippen LogP contribution in [0.4, 0.5) is 4.39 Å². The number of hydrogen-bond acceptors (Lipinski definition) is 2. The van der Waals surface area contributed by atoms with E-state index in [2.05, 4.69) is 28.2 Å². The highest BCUT2D eigenvalue weighted by Crippen LogP contribution is 2.32. The molecule has 1 unspecified atom stereocenters. The summed E-state index contributed by atoms with van der Waals surface area (Å²) >= 11 is 3.58. The minimum atomic E-state index is -0.227. The summed E-state index contributed by atoms with van der Waals surface area (Å²) in [5.41, 5.74) is 1.94. The summed E-state index contributed by atoms with van der Waals surface area (Å²) in [5.74, 6) is 0.558. The molecule has 2 nitrogen and oxygen atoms in total. The van der Waals surface area contributed by atoms with Crippen LogP contribution in [0.15, 0.2) is 46.9 Å². The molecule has 21 heavy (non-hydrogen) atoms. The molecule has 0 saturated heterocycles. The molecule has 2 rings (SSSR count). The SMILES string of the molecule is CCCNC(c1cccc(F)c1)c1cc(OC)ccc1Br. The van der Waals surface area contributed by atoms with Gasteiger partial charge in [-0.05, 0) is 54.4 Å². The molecule has 0 amide bonds. The topological polar surface area (TPSA) is 21.3 Å². The Labute approximate surface area is 133 Å². The van der Waals surface area contributed by atoms with Crippen molar-refractivity contribution in [3.63, 3.8) is 0 Å². The van der Waals surface area contributed by atoms with Gasteiger partial charge in [-0.3, -0.25) is 0 Å². The van der Waals surface area contributed by atoms with Gasteiger partial charge in [0.05, 0.1) is 13.2 Å². The van der Waals surface area contributed by atoms with Gasteiger partial charge in [0.1, 0.15) is 11.6 Å². The van der Waals surface area contributed by atoms with Crippen LogP contribution in [0.25, 0.3) is 0 Å². The molecule has 1 N–H and O–H groups in total. The normalized spacial score (nSPS) is 12.2. The van der Waals surface area contributed by atoms with Gasteiger partial charge in [0, 0.05) is 4.47 Å². The molecule has 2 aromatic carbocycles. The van der Waals surface area contributed by atoms with Crippen molar-refractivity contribution in [3.05, 3.63) is 63.9 Å². The van der Waals surface area contributed by atoms with E-state index >= 15 is 0 Å². The molecule has 112 valence electrons. The lowest BCUT2D eigenvalue weighted by atomic mass is 9.98. The van der Waals surface area contributed by atoms with E-state index in [1.54, 1.807) is 19.2 Å². The minimum Gasteiger partial charge on any atom is -0.497 e. The van der Waals surface area contributed by atoms with Crippen LogP contribution in [0, 0.1) is 5.82 Å². The van der Waals surface area contributed by atoms with Crippen LogP contribution in [0.1, 0.15) is 30.5 Å². The highest BCUT2D eigenvalue weighted by Gasteiger charge is 2.17. The van der Waals surface area contributed by atoms with E-state index in [9.17, 15) is 4.39 Å². The third kappa shape index (κ3) is 4.05. The van der Waals surface area contributed by atoms with Crippen molar-refractivity contribution >= 4 is 15.9 Å². The first-order valence-corrected chi connectivity index (χ1v) is 7.77. The summed E-state index contributed by atoms with van der Waals surface area (Å²) in [6.45, 7) is 2.96. The molecule has 1 atom stereocenters. The summed E-state index contributed by atoms with van der Waals surface area (Å²) in [5, 5.41) is 3.47. The van der Waals surface area contributed by atoms with E-state index in [1.165, 1.54) is 6.07 Å².